The number of ether oxygens (including phenoxy) is 1. The van der Waals surface area contributed by atoms with Crippen molar-refractivity contribution in [2.45, 2.75) is 44.2 Å². The molecule has 0 aliphatic heterocycles. The summed E-state index contributed by atoms with van der Waals surface area (Å²) in [6.07, 6.45) is 0.408. The topological polar surface area (TPSA) is 125 Å². The van der Waals surface area contributed by atoms with Gasteiger partial charge in [0.1, 0.15) is 6.61 Å². The Morgan fingerprint density at radius 3 is 2.24 bits per heavy atom. The molecule has 0 spiro atoms. The van der Waals surface area contributed by atoms with Gasteiger partial charge in [0.15, 0.2) is 6.04 Å². The fourth-order valence-corrected chi connectivity index (χ4v) is 5.14. The minimum atomic E-state index is -1.36. The lowest BCUT2D eigenvalue weighted by molar-refractivity contribution is -0.145. The molecule has 0 unspecified atom stereocenters. The third-order valence-electron chi connectivity index (χ3n) is 6.89. The second-order valence-electron chi connectivity index (χ2n) is 9.07. The van der Waals surface area contributed by atoms with E-state index in [0.717, 1.165) is 35.1 Å². The number of benzene rings is 2. The maximum absolute atomic E-state index is 12.6. The number of carboxylic acid groups (broad SMARTS) is 1. The number of aliphatic carboxylic acids is 1. The van der Waals surface area contributed by atoms with Crippen molar-refractivity contribution < 1.29 is 29.3 Å². The number of carboxylic acids is 1. The molecule has 4 atom stereocenters. The van der Waals surface area contributed by atoms with Crippen LogP contribution >= 0.6 is 0 Å². The number of carbonyl (C=O) groups is 3. The molecule has 2 aromatic rings. The maximum atomic E-state index is 12.6. The maximum Gasteiger partial charge on any atom is 0.407 e. The van der Waals surface area contributed by atoms with Gasteiger partial charge in [-0.05, 0) is 47.9 Å². The van der Waals surface area contributed by atoms with E-state index in [4.69, 9.17) is 4.74 Å². The number of aliphatic hydroxyl groups is 1. The van der Waals surface area contributed by atoms with Crippen LogP contribution in [0.2, 0.25) is 0 Å². The van der Waals surface area contributed by atoms with Crippen molar-refractivity contribution in [2.75, 3.05) is 13.2 Å². The fraction of sp³-hybridized carbons (Fsp3) is 0.423. The largest absolute Gasteiger partial charge is 0.480 e. The molecular weight excluding hydrogens is 436 g/mol. The van der Waals surface area contributed by atoms with Gasteiger partial charge >= 0.3 is 12.1 Å². The number of aliphatic hydroxyl groups excluding tert-OH is 1. The van der Waals surface area contributed by atoms with E-state index in [0.29, 0.717) is 6.42 Å². The lowest BCUT2D eigenvalue weighted by Crippen LogP contribution is -2.50. The van der Waals surface area contributed by atoms with Gasteiger partial charge in [-0.3, -0.25) is 4.79 Å². The Balaban J connectivity index is 1.31. The first-order valence-corrected chi connectivity index (χ1v) is 11.7. The van der Waals surface area contributed by atoms with E-state index in [1.807, 2.05) is 24.3 Å². The first kappa shape index (κ1) is 23.8. The van der Waals surface area contributed by atoms with E-state index < -0.39 is 36.0 Å². The van der Waals surface area contributed by atoms with Gasteiger partial charge in [0.25, 0.3) is 0 Å². The van der Waals surface area contributed by atoms with E-state index in [2.05, 4.69) is 34.9 Å². The number of rotatable bonds is 8. The van der Waals surface area contributed by atoms with Crippen LogP contribution in [0.25, 0.3) is 11.1 Å². The Kier molecular flexibility index (Phi) is 7.17. The molecule has 2 amide bonds. The Morgan fingerprint density at radius 1 is 1.03 bits per heavy atom. The van der Waals surface area contributed by atoms with Gasteiger partial charge < -0.3 is 25.6 Å². The molecule has 180 valence electrons. The fourth-order valence-electron chi connectivity index (χ4n) is 5.14. The predicted molar refractivity (Wildman–Crippen MR) is 125 cm³/mol. The van der Waals surface area contributed by atoms with Gasteiger partial charge in [-0.1, -0.05) is 55.0 Å². The quantitative estimate of drug-likeness (QED) is 0.474. The molecule has 34 heavy (non-hydrogen) atoms. The van der Waals surface area contributed by atoms with Gasteiger partial charge in [-0.2, -0.15) is 0 Å². The van der Waals surface area contributed by atoms with Gasteiger partial charge in [-0.15, -0.1) is 0 Å². The Bertz CT molecular complexity index is 1020. The van der Waals surface area contributed by atoms with Crippen molar-refractivity contribution in [1.29, 1.82) is 0 Å². The van der Waals surface area contributed by atoms with E-state index in [1.54, 1.807) is 0 Å². The first-order valence-electron chi connectivity index (χ1n) is 11.7. The molecule has 0 radical (unpaired) electrons. The minimum Gasteiger partial charge on any atom is -0.480 e. The van der Waals surface area contributed by atoms with Gasteiger partial charge in [0.2, 0.25) is 5.91 Å². The number of carbonyl (C=O) groups excluding carboxylic acids is 2. The van der Waals surface area contributed by atoms with E-state index >= 15 is 0 Å². The molecule has 4 N–H and O–H groups in total. The van der Waals surface area contributed by atoms with Crippen LogP contribution in [-0.2, 0) is 14.3 Å². The van der Waals surface area contributed by atoms with Gasteiger partial charge in [-0.25, -0.2) is 9.59 Å². The second kappa shape index (κ2) is 10.3. The molecule has 2 aliphatic rings. The van der Waals surface area contributed by atoms with Crippen molar-refractivity contribution in [3.8, 4) is 11.1 Å². The van der Waals surface area contributed by atoms with Crippen molar-refractivity contribution in [3.63, 3.8) is 0 Å². The molecule has 1 saturated carbocycles. The molecule has 0 saturated heterocycles. The lowest BCUT2D eigenvalue weighted by Gasteiger charge is -2.23. The molecule has 2 aliphatic carbocycles. The zero-order valence-corrected chi connectivity index (χ0v) is 19.1. The summed E-state index contributed by atoms with van der Waals surface area (Å²) >= 11 is 0. The van der Waals surface area contributed by atoms with E-state index in [9.17, 15) is 24.6 Å². The number of amides is 2. The number of alkyl carbamates (subject to hydrolysis) is 1. The summed E-state index contributed by atoms with van der Waals surface area (Å²) in [6.45, 7) is 1.80. The van der Waals surface area contributed by atoms with Gasteiger partial charge in [0.05, 0.1) is 6.10 Å². The van der Waals surface area contributed by atoms with Crippen molar-refractivity contribution >= 4 is 18.0 Å². The van der Waals surface area contributed by atoms with Crippen molar-refractivity contribution in [2.24, 2.45) is 11.8 Å². The highest BCUT2D eigenvalue weighted by molar-refractivity contribution is 5.85. The van der Waals surface area contributed by atoms with Crippen LogP contribution in [0.4, 0.5) is 4.79 Å². The monoisotopic (exact) mass is 466 g/mol. The molecule has 4 rings (SSSR count). The molecule has 0 bridgehead atoms. The van der Waals surface area contributed by atoms with Crippen molar-refractivity contribution in [3.05, 3.63) is 59.7 Å². The molecule has 8 nitrogen and oxygen atoms in total. The van der Waals surface area contributed by atoms with Crippen LogP contribution in [0.5, 0.6) is 0 Å². The highest BCUT2D eigenvalue weighted by Gasteiger charge is 2.36. The smallest absolute Gasteiger partial charge is 0.407 e. The first-order chi connectivity index (χ1) is 16.4. The molecule has 8 heteroatoms. The lowest BCUT2D eigenvalue weighted by atomic mass is 9.94. The molecule has 1 fully saturated rings. The minimum absolute atomic E-state index is 0.0309. The highest BCUT2D eigenvalue weighted by atomic mass is 16.5. The Labute approximate surface area is 198 Å². The molecule has 0 aromatic heterocycles. The normalized spacial score (nSPS) is 20.6. The standard InChI is InChI=1S/C26H30N2O6/c1-15(29)23(25(31)32)28-24(30)17-12-6-7-16(17)13-27-26(33)34-14-22-20-10-4-2-8-18(20)19-9-3-5-11-21(19)22/h2-5,8-11,15-17,22-23,29H,6-7,12-14H2,1H3,(H,27,33)(H,28,30)(H,31,32)/t15-,16-,17-,23+/m1/s1. The summed E-state index contributed by atoms with van der Waals surface area (Å²) < 4.78 is 5.56. The van der Waals surface area contributed by atoms with Gasteiger partial charge in [0, 0.05) is 18.4 Å². The number of hydrogen-bond donors (Lipinski definition) is 4. The zero-order chi connectivity index (χ0) is 24.2. The third kappa shape index (κ3) is 4.92. The molecule has 2 aromatic carbocycles. The third-order valence-corrected chi connectivity index (χ3v) is 6.89. The highest BCUT2D eigenvalue weighted by Crippen LogP contribution is 2.44. The average molecular weight is 467 g/mol. The summed E-state index contributed by atoms with van der Waals surface area (Å²) in [5.74, 6) is -2.27. The summed E-state index contributed by atoms with van der Waals surface area (Å²) in [4.78, 5) is 36.4. The van der Waals surface area contributed by atoms with Crippen LogP contribution in [0.3, 0.4) is 0 Å². The Hall–Kier alpha value is -3.39. The SMILES string of the molecule is C[C@@H](O)[C@H](NC(=O)[C@@H]1CCC[C@@H]1CNC(=O)OCC1c2ccccc2-c2ccccc21)C(=O)O. The van der Waals surface area contributed by atoms with E-state index in [-0.39, 0.29) is 25.0 Å². The van der Waals surface area contributed by atoms with E-state index in [1.165, 1.54) is 6.92 Å². The Morgan fingerprint density at radius 2 is 1.65 bits per heavy atom. The summed E-state index contributed by atoms with van der Waals surface area (Å²) in [5.41, 5.74) is 4.58. The number of fused-ring (bicyclic) bond motifs is 3. The predicted octanol–water partition coefficient (Wildman–Crippen LogP) is 2.89. The van der Waals surface area contributed by atoms with Crippen LogP contribution in [0.15, 0.2) is 48.5 Å². The second-order valence-corrected chi connectivity index (χ2v) is 9.07. The molecular formula is C26H30N2O6. The van der Waals surface area contributed by atoms with Crippen molar-refractivity contribution in [1.82, 2.24) is 10.6 Å². The molecule has 0 heterocycles. The van der Waals surface area contributed by atoms with Crippen LogP contribution in [0.1, 0.15) is 43.2 Å². The van der Waals surface area contributed by atoms with Crippen LogP contribution < -0.4 is 10.6 Å². The summed E-state index contributed by atoms with van der Waals surface area (Å²) in [7, 11) is 0. The zero-order valence-electron chi connectivity index (χ0n) is 19.1. The number of hydrogen-bond acceptors (Lipinski definition) is 5. The number of nitrogens with one attached hydrogen (secondary N) is 2. The van der Waals surface area contributed by atoms with Crippen LogP contribution in [0, 0.1) is 11.8 Å². The average Bonchev–Trinajstić information content (AvgIpc) is 3.42. The summed E-state index contributed by atoms with van der Waals surface area (Å²) in [5, 5.41) is 24.0. The van der Waals surface area contributed by atoms with Crippen LogP contribution in [-0.4, -0.2) is 53.5 Å². The summed E-state index contributed by atoms with van der Waals surface area (Å²) in [6, 6.07) is 14.9.